The Kier molecular flexibility index (Phi) is 4.10. The van der Waals surface area contributed by atoms with E-state index in [9.17, 15) is 5.11 Å². The minimum Gasteiger partial charge on any atom is -0.394 e. The maximum absolute atomic E-state index is 9.79. The van der Waals surface area contributed by atoms with Gasteiger partial charge in [-0.05, 0) is 46.8 Å². The highest BCUT2D eigenvalue weighted by molar-refractivity contribution is 9.10. The van der Waals surface area contributed by atoms with Crippen molar-refractivity contribution < 1.29 is 5.11 Å². The van der Waals surface area contributed by atoms with Crippen LogP contribution in [0, 0.1) is 5.92 Å². The maximum Gasteiger partial charge on any atom is 0.0664 e. The van der Waals surface area contributed by atoms with Crippen LogP contribution in [0.15, 0.2) is 28.7 Å². The van der Waals surface area contributed by atoms with Gasteiger partial charge >= 0.3 is 0 Å². The van der Waals surface area contributed by atoms with Crippen molar-refractivity contribution in [3.63, 3.8) is 0 Å². The molecule has 0 aromatic heterocycles. The predicted molar refractivity (Wildman–Crippen MR) is 75.2 cm³/mol. The first-order chi connectivity index (χ1) is 8.22. The van der Waals surface area contributed by atoms with E-state index in [4.69, 9.17) is 0 Å². The third kappa shape index (κ3) is 2.50. The van der Waals surface area contributed by atoms with E-state index in [1.54, 1.807) is 0 Å². The number of para-hydroxylation sites is 1. The molecule has 2 atom stereocenters. The Bertz CT molecular complexity index is 382. The molecule has 94 valence electrons. The van der Waals surface area contributed by atoms with Crippen molar-refractivity contribution in [2.24, 2.45) is 5.92 Å². The molecule has 3 heteroatoms. The zero-order valence-electron chi connectivity index (χ0n) is 10.2. The number of hydrogen-bond donors (Lipinski definition) is 2. The average Bonchev–Trinajstić information content (AvgIpc) is 2.75. The Balaban J connectivity index is 2.23. The Hall–Kier alpha value is -0.540. The molecule has 1 aliphatic carbocycles. The highest BCUT2D eigenvalue weighted by Gasteiger charge is 2.41. The summed E-state index contributed by atoms with van der Waals surface area (Å²) >= 11 is 3.55. The van der Waals surface area contributed by atoms with Crippen LogP contribution in [-0.4, -0.2) is 17.3 Å². The van der Waals surface area contributed by atoms with Gasteiger partial charge < -0.3 is 10.4 Å². The Morgan fingerprint density at radius 2 is 2.24 bits per heavy atom. The number of benzene rings is 1. The fourth-order valence-corrected chi connectivity index (χ4v) is 3.37. The number of aliphatic hydroxyl groups excluding tert-OH is 1. The van der Waals surface area contributed by atoms with E-state index in [2.05, 4.69) is 34.2 Å². The smallest absolute Gasteiger partial charge is 0.0664 e. The summed E-state index contributed by atoms with van der Waals surface area (Å²) in [6.07, 6.45) is 4.60. The van der Waals surface area contributed by atoms with Crippen molar-refractivity contribution in [3.05, 3.63) is 28.7 Å². The first-order valence-electron chi connectivity index (χ1n) is 6.35. The fraction of sp³-hybridized carbons (Fsp3) is 0.571. The number of aliphatic hydroxyl groups is 1. The largest absolute Gasteiger partial charge is 0.394 e. The number of rotatable bonds is 4. The Morgan fingerprint density at radius 1 is 1.47 bits per heavy atom. The van der Waals surface area contributed by atoms with Crippen LogP contribution in [0.5, 0.6) is 0 Å². The van der Waals surface area contributed by atoms with Crippen molar-refractivity contribution >= 4 is 21.6 Å². The van der Waals surface area contributed by atoms with Gasteiger partial charge in [0, 0.05) is 10.2 Å². The van der Waals surface area contributed by atoms with Crippen LogP contribution in [0.4, 0.5) is 5.69 Å². The molecular formula is C14H20BrNO. The highest BCUT2D eigenvalue weighted by Crippen LogP contribution is 2.41. The zero-order valence-corrected chi connectivity index (χ0v) is 11.8. The van der Waals surface area contributed by atoms with Crippen LogP contribution < -0.4 is 5.32 Å². The molecule has 0 spiro atoms. The van der Waals surface area contributed by atoms with E-state index in [0.717, 1.165) is 23.0 Å². The van der Waals surface area contributed by atoms with Crippen LogP contribution in [0.25, 0.3) is 0 Å². The molecule has 2 nitrogen and oxygen atoms in total. The summed E-state index contributed by atoms with van der Waals surface area (Å²) in [5, 5.41) is 13.4. The SMILES string of the molecule is CCC1CCCC1(CO)Nc1ccccc1Br. The lowest BCUT2D eigenvalue weighted by atomic mass is 9.85. The van der Waals surface area contributed by atoms with Gasteiger partial charge in [0.2, 0.25) is 0 Å². The second kappa shape index (κ2) is 5.40. The van der Waals surface area contributed by atoms with Gasteiger partial charge in [-0.1, -0.05) is 31.9 Å². The number of nitrogens with one attached hydrogen (secondary N) is 1. The van der Waals surface area contributed by atoms with Gasteiger partial charge in [-0.3, -0.25) is 0 Å². The van der Waals surface area contributed by atoms with Gasteiger partial charge in [-0.15, -0.1) is 0 Å². The van der Waals surface area contributed by atoms with Crippen molar-refractivity contribution in [2.45, 2.75) is 38.1 Å². The molecule has 2 N–H and O–H groups in total. The van der Waals surface area contributed by atoms with E-state index in [0.29, 0.717) is 5.92 Å². The summed E-state index contributed by atoms with van der Waals surface area (Å²) in [6, 6.07) is 8.12. The van der Waals surface area contributed by atoms with E-state index < -0.39 is 0 Å². The van der Waals surface area contributed by atoms with Crippen LogP contribution >= 0.6 is 15.9 Å². The Morgan fingerprint density at radius 3 is 2.88 bits per heavy atom. The van der Waals surface area contributed by atoms with Gasteiger partial charge in [-0.2, -0.15) is 0 Å². The first-order valence-corrected chi connectivity index (χ1v) is 7.14. The number of halogens is 1. The lowest BCUT2D eigenvalue weighted by Crippen LogP contribution is -2.45. The minimum absolute atomic E-state index is 0.126. The Labute approximate surface area is 112 Å². The molecule has 1 fully saturated rings. The third-order valence-corrected chi connectivity index (χ3v) is 4.68. The summed E-state index contributed by atoms with van der Waals surface area (Å²) in [4.78, 5) is 0. The summed E-state index contributed by atoms with van der Waals surface area (Å²) in [5.74, 6) is 0.569. The molecule has 0 saturated heterocycles. The summed E-state index contributed by atoms with van der Waals surface area (Å²) in [7, 11) is 0. The molecule has 0 heterocycles. The summed E-state index contributed by atoms with van der Waals surface area (Å²) < 4.78 is 1.06. The molecule has 0 bridgehead atoms. The van der Waals surface area contributed by atoms with Gasteiger partial charge in [0.1, 0.15) is 0 Å². The molecule has 1 aliphatic rings. The predicted octanol–water partition coefficient (Wildman–Crippen LogP) is 3.80. The molecule has 0 amide bonds. The molecule has 1 aromatic carbocycles. The quantitative estimate of drug-likeness (QED) is 0.886. The third-order valence-electron chi connectivity index (χ3n) is 3.99. The van der Waals surface area contributed by atoms with E-state index >= 15 is 0 Å². The van der Waals surface area contributed by atoms with Crippen LogP contribution in [0.2, 0.25) is 0 Å². The normalized spacial score (nSPS) is 28.3. The minimum atomic E-state index is -0.126. The summed E-state index contributed by atoms with van der Waals surface area (Å²) in [5.41, 5.74) is 0.959. The fourth-order valence-electron chi connectivity index (χ4n) is 2.98. The van der Waals surface area contributed by atoms with Crippen molar-refractivity contribution in [1.82, 2.24) is 0 Å². The average molecular weight is 298 g/mol. The van der Waals surface area contributed by atoms with Gasteiger partial charge in [0.25, 0.3) is 0 Å². The summed E-state index contributed by atoms with van der Waals surface area (Å²) in [6.45, 7) is 2.43. The topological polar surface area (TPSA) is 32.3 Å². The molecule has 17 heavy (non-hydrogen) atoms. The molecule has 2 unspecified atom stereocenters. The lowest BCUT2D eigenvalue weighted by molar-refractivity contribution is 0.174. The molecular weight excluding hydrogens is 278 g/mol. The van der Waals surface area contributed by atoms with Crippen molar-refractivity contribution in [2.75, 3.05) is 11.9 Å². The van der Waals surface area contributed by atoms with Crippen LogP contribution in [0.1, 0.15) is 32.6 Å². The molecule has 1 saturated carbocycles. The lowest BCUT2D eigenvalue weighted by Gasteiger charge is -2.36. The van der Waals surface area contributed by atoms with Crippen molar-refractivity contribution in [3.8, 4) is 0 Å². The van der Waals surface area contributed by atoms with Gasteiger partial charge in [0.05, 0.1) is 12.1 Å². The number of hydrogen-bond acceptors (Lipinski definition) is 2. The second-order valence-corrected chi connectivity index (χ2v) is 5.77. The van der Waals surface area contributed by atoms with E-state index in [-0.39, 0.29) is 12.1 Å². The van der Waals surface area contributed by atoms with E-state index in [1.807, 2.05) is 18.2 Å². The second-order valence-electron chi connectivity index (χ2n) is 4.92. The van der Waals surface area contributed by atoms with Gasteiger partial charge in [-0.25, -0.2) is 0 Å². The zero-order chi connectivity index (χ0) is 12.3. The monoisotopic (exact) mass is 297 g/mol. The standard InChI is InChI=1S/C14H20BrNO/c1-2-11-6-5-9-14(11,10-17)16-13-8-4-3-7-12(13)15/h3-4,7-8,11,16-17H,2,5-6,9-10H2,1H3. The molecule has 2 rings (SSSR count). The van der Waals surface area contributed by atoms with E-state index in [1.165, 1.54) is 12.8 Å². The molecule has 1 aromatic rings. The first kappa shape index (κ1) is 12.9. The molecule has 0 aliphatic heterocycles. The van der Waals surface area contributed by atoms with Crippen molar-refractivity contribution in [1.29, 1.82) is 0 Å². The van der Waals surface area contributed by atoms with Crippen LogP contribution in [-0.2, 0) is 0 Å². The maximum atomic E-state index is 9.79. The van der Waals surface area contributed by atoms with Crippen LogP contribution in [0.3, 0.4) is 0 Å². The number of anilines is 1. The highest BCUT2D eigenvalue weighted by atomic mass is 79.9. The molecule has 0 radical (unpaired) electrons. The van der Waals surface area contributed by atoms with Gasteiger partial charge in [0.15, 0.2) is 0 Å².